The first-order valence-electron chi connectivity index (χ1n) is 6.87. The van der Waals surface area contributed by atoms with E-state index in [1.807, 2.05) is 25.1 Å². The zero-order valence-electron chi connectivity index (χ0n) is 12.1. The lowest BCUT2D eigenvalue weighted by molar-refractivity contribution is 0.267. The maximum absolute atomic E-state index is 5.92. The molecule has 0 bridgehead atoms. The molecule has 0 aliphatic rings. The molecule has 0 atom stereocenters. The van der Waals surface area contributed by atoms with E-state index in [4.69, 9.17) is 10.3 Å². The van der Waals surface area contributed by atoms with Crippen LogP contribution in [0, 0.1) is 6.92 Å². The molecule has 2 aromatic rings. The van der Waals surface area contributed by atoms with Gasteiger partial charge in [0.05, 0.1) is 5.41 Å². The Morgan fingerprint density at radius 2 is 2.00 bits per heavy atom. The van der Waals surface area contributed by atoms with Crippen molar-refractivity contribution in [1.82, 2.24) is 10.1 Å². The van der Waals surface area contributed by atoms with Crippen LogP contribution in [0.4, 0.5) is 0 Å². The van der Waals surface area contributed by atoms with Gasteiger partial charge in [0.25, 0.3) is 0 Å². The molecular weight excluding hydrogens is 318 g/mol. The van der Waals surface area contributed by atoms with Crippen molar-refractivity contribution in [3.63, 3.8) is 0 Å². The summed E-state index contributed by atoms with van der Waals surface area (Å²) < 4.78 is 6.51. The molecule has 4 nitrogen and oxygen atoms in total. The van der Waals surface area contributed by atoms with Crippen molar-refractivity contribution < 1.29 is 4.52 Å². The molecule has 2 rings (SSSR count). The Morgan fingerprint density at radius 1 is 1.30 bits per heavy atom. The quantitative estimate of drug-likeness (QED) is 0.900. The predicted octanol–water partition coefficient (Wildman–Crippen LogP) is 3.82. The van der Waals surface area contributed by atoms with E-state index < -0.39 is 0 Å². The third-order valence-electron chi connectivity index (χ3n) is 4.05. The first-order chi connectivity index (χ1) is 9.56. The molecule has 1 aromatic carbocycles. The van der Waals surface area contributed by atoms with Crippen molar-refractivity contribution in [2.75, 3.05) is 6.54 Å². The van der Waals surface area contributed by atoms with Gasteiger partial charge in [0.1, 0.15) is 0 Å². The summed E-state index contributed by atoms with van der Waals surface area (Å²) >= 11 is 3.52. The maximum atomic E-state index is 5.92. The minimum Gasteiger partial charge on any atom is -0.338 e. The first kappa shape index (κ1) is 15.2. The summed E-state index contributed by atoms with van der Waals surface area (Å²) in [6.45, 7) is 6.76. The van der Waals surface area contributed by atoms with Crippen molar-refractivity contribution >= 4 is 15.9 Å². The van der Waals surface area contributed by atoms with Gasteiger partial charge in [-0.25, -0.2) is 0 Å². The van der Waals surface area contributed by atoms with Crippen LogP contribution in [0.2, 0.25) is 0 Å². The smallest absolute Gasteiger partial charge is 0.234 e. The second kappa shape index (κ2) is 6.06. The van der Waals surface area contributed by atoms with Crippen LogP contribution in [0.15, 0.2) is 27.2 Å². The summed E-state index contributed by atoms with van der Waals surface area (Å²) in [5.74, 6) is 1.25. The average molecular weight is 338 g/mol. The van der Waals surface area contributed by atoms with Gasteiger partial charge < -0.3 is 10.3 Å². The van der Waals surface area contributed by atoms with Crippen LogP contribution in [0.3, 0.4) is 0 Å². The van der Waals surface area contributed by atoms with E-state index in [1.165, 1.54) is 5.56 Å². The predicted molar refractivity (Wildman–Crippen MR) is 83.5 cm³/mol. The molecule has 0 aliphatic heterocycles. The van der Waals surface area contributed by atoms with Crippen molar-refractivity contribution in [3.05, 3.63) is 34.1 Å². The zero-order chi connectivity index (χ0) is 14.8. The lowest BCUT2D eigenvalue weighted by atomic mass is 9.82. The van der Waals surface area contributed by atoms with Crippen molar-refractivity contribution in [3.8, 4) is 11.4 Å². The van der Waals surface area contributed by atoms with E-state index in [1.54, 1.807) is 0 Å². The summed E-state index contributed by atoms with van der Waals surface area (Å²) in [6, 6.07) is 6.04. The van der Waals surface area contributed by atoms with E-state index >= 15 is 0 Å². The topological polar surface area (TPSA) is 64.9 Å². The second-order valence-electron chi connectivity index (χ2n) is 5.08. The molecule has 20 heavy (non-hydrogen) atoms. The molecule has 0 amide bonds. The van der Waals surface area contributed by atoms with Crippen molar-refractivity contribution in [1.29, 1.82) is 0 Å². The molecular formula is C15H20BrN3O. The molecule has 0 radical (unpaired) electrons. The molecule has 0 unspecified atom stereocenters. The standard InChI is InChI=1S/C15H20BrN3O/c1-4-15(5-2,9-17)14-18-13(19-20-14)11-7-6-10(3)12(16)8-11/h6-8H,4-5,9,17H2,1-3H3. The van der Waals surface area contributed by atoms with E-state index in [0.29, 0.717) is 18.3 Å². The van der Waals surface area contributed by atoms with Crippen LogP contribution in [-0.4, -0.2) is 16.7 Å². The number of halogens is 1. The molecule has 0 fully saturated rings. The van der Waals surface area contributed by atoms with Gasteiger partial charge in [-0.1, -0.05) is 47.1 Å². The molecule has 2 N–H and O–H groups in total. The fourth-order valence-corrected chi connectivity index (χ4v) is 2.60. The largest absolute Gasteiger partial charge is 0.338 e. The van der Waals surface area contributed by atoms with Crippen LogP contribution in [0.5, 0.6) is 0 Å². The lowest BCUT2D eigenvalue weighted by Crippen LogP contribution is -2.34. The number of aryl methyl sites for hydroxylation is 1. The highest BCUT2D eigenvalue weighted by molar-refractivity contribution is 9.10. The third-order valence-corrected chi connectivity index (χ3v) is 4.91. The van der Waals surface area contributed by atoms with E-state index in [-0.39, 0.29) is 5.41 Å². The van der Waals surface area contributed by atoms with Gasteiger partial charge in [0.2, 0.25) is 11.7 Å². The number of hydrogen-bond acceptors (Lipinski definition) is 4. The highest BCUT2D eigenvalue weighted by Crippen LogP contribution is 2.31. The van der Waals surface area contributed by atoms with Crippen molar-refractivity contribution in [2.45, 2.75) is 39.0 Å². The minimum atomic E-state index is -0.215. The number of aromatic nitrogens is 2. The number of nitrogens with zero attached hydrogens (tertiary/aromatic N) is 2. The Balaban J connectivity index is 2.39. The summed E-state index contributed by atoms with van der Waals surface area (Å²) in [6.07, 6.45) is 1.78. The van der Waals surface area contributed by atoms with Gasteiger partial charge in [-0.15, -0.1) is 0 Å². The van der Waals surface area contributed by atoms with Gasteiger partial charge in [0.15, 0.2) is 0 Å². The van der Waals surface area contributed by atoms with Crippen LogP contribution in [0.1, 0.15) is 38.1 Å². The first-order valence-corrected chi connectivity index (χ1v) is 7.66. The highest BCUT2D eigenvalue weighted by atomic mass is 79.9. The Hall–Kier alpha value is -1.20. The minimum absolute atomic E-state index is 0.215. The van der Waals surface area contributed by atoms with E-state index in [9.17, 15) is 0 Å². The molecule has 5 heteroatoms. The molecule has 108 valence electrons. The van der Waals surface area contributed by atoms with Gasteiger partial charge in [-0.2, -0.15) is 4.98 Å². The Kier molecular flexibility index (Phi) is 4.60. The van der Waals surface area contributed by atoms with Crippen LogP contribution in [-0.2, 0) is 5.41 Å². The Bertz CT molecular complexity index is 582. The van der Waals surface area contributed by atoms with Crippen molar-refractivity contribution in [2.24, 2.45) is 5.73 Å². The number of hydrogen-bond donors (Lipinski definition) is 1. The summed E-state index contributed by atoms with van der Waals surface area (Å²) in [7, 11) is 0. The monoisotopic (exact) mass is 337 g/mol. The number of benzene rings is 1. The SMILES string of the molecule is CCC(CC)(CN)c1nc(-c2ccc(C)c(Br)c2)no1. The maximum Gasteiger partial charge on any atom is 0.234 e. The lowest BCUT2D eigenvalue weighted by Gasteiger charge is -2.24. The van der Waals surface area contributed by atoms with Gasteiger partial charge >= 0.3 is 0 Å². The zero-order valence-corrected chi connectivity index (χ0v) is 13.7. The van der Waals surface area contributed by atoms with Crippen LogP contribution >= 0.6 is 15.9 Å². The number of nitrogens with two attached hydrogens (primary N) is 1. The fourth-order valence-electron chi connectivity index (χ4n) is 2.22. The van der Waals surface area contributed by atoms with Gasteiger partial charge in [-0.05, 0) is 31.4 Å². The normalized spacial score (nSPS) is 11.8. The van der Waals surface area contributed by atoms with E-state index in [0.717, 1.165) is 22.9 Å². The Labute approximate surface area is 127 Å². The van der Waals surface area contributed by atoms with Crippen LogP contribution < -0.4 is 5.73 Å². The van der Waals surface area contributed by atoms with E-state index in [2.05, 4.69) is 39.9 Å². The fraction of sp³-hybridized carbons (Fsp3) is 0.467. The second-order valence-corrected chi connectivity index (χ2v) is 5.93. The summed E-state index contributed by atoms with van der Waals surface area (Å²) in [5.41, 5.74) is 7.82. The summed E-state index contributed by atoms with van der Waals surface area (Å²) in [4.78, 5) is 4.56. The third kappa shape index (κ3) is 2.65. The average Bonchev–Trinajstić information content (AvgIpc) is 2.95. The van der Waals surface area contributed by atoms with Gasteiger partial charge in [-0.3, -0.25) is 0 Å². The Morgan fingerprint density at radius 3 is 2.55 bits per heavy atom. The van der Waals surface area contributed by atoms with Crippen LogP contribution in [0.25, 0.3) is 11.4 Å². The molecule has 1 heterocycles. The summed E-state index contributed by atoms with van der Waals surface area (Å²) in [5, 5.41) is 4.10. The molecule has 0 saturated carbocycles. The van der Waals surface area contributed by atoms with Gasteiger partial charge in [0, 0.05) is 16.6 Å². The number of rotatable bonds is 5. The molecule has 1 aromatic heterocycles. The molecule has 0 spiro atoms. The molecule has 0 saturated heterocycles. The molecule has 0 aliphatic carbocycles. The highest BCUT2D eigenvalue weighted by Gasteiger charge is 2.33.